The number of rotatable bonds is 3. The van der Waals surface area contributed by atoms with E-state index in [-0.39, 0.29) is 28.6 Å². The van der Waals surface area contributed by atoms with Gasteiger partial charge in [-0.2, -0.15) is 13.2 Å². The molecule has 4 nitrogen and oxygen atoms in total. The highest BCUT2D eigenvalue weighted by Crippen LogP contribution is 2.47. The molecule has 146 valence electrons. The molecule has 9 heteroatoms. The fourth-order valence-electron chi connectivity index (χ4n) is 2.93. The predicted octanol–water partition coefficient (Wildman–Crippen LogP) is 3.92. The van der Waals surface area contributed by atoms with Crippen LogP contribution in [0.1, 0.15) is 25.1 Å². The first-order valence-corrected chi connectivity index (χ1v) is 8.42. The highest BCUT2D eigenvalue weighted by molar-refractivity contribution is 6.31. The predicted molar refractivity (Wildman–Crippen MR) is 92.2 cm³/mol. The Balaban J connectivity index is 2.31. The maximum absolute atomic E-state index is 13.5. The number of nitrogens with zero attached hydrogens (tertiary/aromatic N) is 1. The number of benzene rings is 1. The number of fused-ring (bicyclic) bond motifs is 1. The van der Waals surface area contributed by atoms with Crippen LogP contribution >= 0.6 is 11.6 Å². The van der Waals surface area contributed by atoms with Crippen molar-refractivity contribution in [1.29, 1.82) is 0 Å². The Morgan fingerprint density at radius 3 is 2.52 bits per heavy atom. The van der Waals surface area contributed by atoms with Crippen LogP contribution in [-0.4, -0.2) is 29.4 Å². The van der Waals surface area contributed by atoms with Crippen molar-refractivity contribution in [3.63, 3.8) is 0 Å². The van der Waals surface area contributed by atoms with Gasteiger partial charge in [0.1, 0.15) is 17.3 Å². The highest BCUT2D eigenvalue weighted by atomic mass is 35.5. The summed E-state index contributed by atoms with van der Waals surface area (Å²) >= 11 is 5.81. The van der Waals surface area contributed by atoms with E-state index in [1.165, 1.54) is 12.1 Å². The van der Waals surface area contributed by atoms with Gasteiger partial charge in [0.15, 0.2) is 0 Å². The third-order valence-corrected chi connectivity index (χ3v) is 4.95. The molecule has 1 aromatic heterocycles. The summed E-state index contributed by atoms with van der Waals surface area (Å²) in [6.07, 6.45) is -5.04. The second-order valence-electron chi connectivity index (χ2n) is 7.10. The Kier molecular flexibility index (Phi) is 4.65. The van der Waals surface area contributed by atoms with Gasteiger partial charge >= 0.3 is 6.18 Å². The van der Waals surface area contributed by atoms with Crippen molar-refractivity contribution in [3.8, 4) is 17.0 Å². The molecule has 0 radical (unpaired) electrons. The van der Waals surface area contributed by atoms with Crippen molar-refractivity contribution in [2.75, 3.05) is 13.2 Å². The second-order valence-corrected chi connectivity index (χ2v) is 7.50. The van der Waals surface area contributed by atoms with Crippen LogP contribution in [0.15, 0.2) is 24.3 Å². The van der Waals surface area contributed by atoms with Crippen LogP contribution in [0.4, 0.5) is 17.6 Å². The van der Waals surface area contributed by atoms with Gasteiger partial charge in [-0.3, -0.25) is 0 Å². The van der Waals surface area contributed by atoms with E-state index in [1.54, 1.807) is 13.8 Å². The highest BCUT2D eigenvalue weighted by Gasteiger charge is 2.56. The largest absolute Gasteiger partial charge is 0.490 e. The second kappa shape index (κ2) is 6.32. The molecular formula is C18H17ClF4N2O2. The summed E-state index contributed by atoms with van der Waals surface area (Å²) in [5, 5.41) is 10.0. The molecule has 2 aromatic rings. The molecule has 0 amide bonds. The molecule has 0 bridgehead atoms. The summed E-state index contributed by atoms with van der Waals surface area (Å²) in [4.78, 5) is 4.00. The lowest BCUT2D eigenvalue weighted by atomic mass is 9.84. The lowest BCUT2D eigenvalue weighted by Gasteiger charge is -2.30. The first kappa shape index (κ1) is 19.9. The number of pyridine rings is 1. The van der Waals surface area contributed by atoms with Gasteiger partial charge in [0.05, 0.1) is 17.3 Å². The maximum atomic E-state index is 13.5. The van der Waals surface area contributed by atoms with Crippen LogP contribution in [-0.2, 0) is 11.0 Å². The number of nitrogens with two attached hydrogens (primary N) is 1. The summed E-state index contributed by atoms with van der Waals surface area (Å²) in [5.74, 6) is -0.406. The van der Waals surface area contributed by atoms with Crippen molar-refractivity contribution in [1.82, 2.24) is 4.98 Å². The zero-order valence-corrected chi connectivity index (χ0v) is 15.2. The van der Waals surface area contributed by atoms with Gasteiger partial charge in [-0.15, -0.1) is 0 Å². The molecule has 1 aliphatic rings. The zero-order valence-electron chi connectivity index (χ0n) is 14.5. The summed E-state index contributed by atoms with van der Waals surface area (Å²) < 4.78 is 59.7. The monoisotopic (exact) mass is 404 g/mol. The van der Waals surface area contributed by atoms with E-state index in [1.807, 2.05) is 0 Å². The Morgan fingerprint density at radius 2 is 1.96 bits per heavy atom. The van der Waals surface area contributed by atoms with Crippen molar-refractivity contribution < 1.29 is 27.4 Å². The van der Waals surface area contributed by atoms with E-state index in [4.69, 9.17) is 22.1 Å². The molecule has 1 aromatic carbocycles. The fraction of sp³-hybridized carbons (Fsp3) is 0.389. The Hall–Kier alpha value is -1.90. The van der Waals surface area contributed by atoms with Gasteiger partial charge in [-0.1, -0.05) is 25.4 Å². The number of hydrogen-bond donors (Lipinski definition) is 2. The minimum absolute atomic E-state index is 0.0334. The topological polar surface area (TPSA) is 68.4 Å². The number of hydrogen-bond acceptors (Lipinski definition) is 4. The molecule has 0 saturated heterocycles. The quantitative estimate of drug-likeness (QED) is 0.761. The molecule has 3 N–H and O–H groups in total. The Bertz CT molecular complexity index is 902. The van der Waals surface area contributed by atoms with Crippen LogP contribution in [0.5, 0.6) is 5.75 Å². The van der Waals surface area contributed by atoms with Gasteiger partial charge < -0.3 is 15.6 Å². The van der Waals surface area contributed by atoms with Crippen LogP contribution < -0.4 is 10.5 Å². The van der Waals surface area contributed by atoms with E-state index in [9.17, 15) is 22.7 Å². The lowest BCUT2D eigenvalue weighted by Crippen LogP contribution is -2.49. The minimum atomic E-state index is -5.04. The summed E-state index contributed by atoms with van der Waals surface area (Å²) in [7, 11) is 0. The first-order valence-electron chi connectivity index (χ1n) is 8.04. The van der Waals surface area contributed by atoms with Crippen LogP contribution in [0.25, 0.3) is 11.3 Å². The number of halogens is 5. The molecule has 3 rings (SSSR count). The van der Waals surface area contributed by atoms with E-state index in [0.717, 1.165) is 12.1 Å². The Morgan fingerprint density at radius 1 is 1.30 bits per heavy atom. The molecule has 1 atom stereocenters. The summed E-state index contributed by atoms with van der Waals surface area (Å²) in [6, 6.07) is 4.82. The number of alkyl halides is 3. The van der Waals surface area contributed by atoms with Crippen molar-refractivity contribution in [2.45, 2.75) is 31.0 Å². The molecule has 0 saturated carbocycles. The number of aromatic nitrogens is 1. The molecule has 0 spiro atoms. The molecule has 1 aliphatic heterocycles. The van der Waals surface area contributed by atoms with E-state index < -0.39 is 35.2 Å². The molecular weight excluding hydrogens is 388 g/mol. The molecule has 0 aliphatic carbocycles. The SMILES string of the molecule is CC1(C)COc2c1cc(C(O)(CN)C(F)(F)F)nc2-c1ccc(F)c(Cl)c1. The van der Waals surface area contributed by atoms with Crippen LogP contribution in [0.3, 0.4) is 0 Å². The van der Waals surface area contributed by atoms with E-state index in [0.29, 0.717) is 5.56 Å². The summed E-state index contributed by atoms with van der Waals surface area (Å²) in [6.45, 7) is 2.69. The average Bonchev–Trinajstić information content (AvgIpc) is 2.90. The van der Waals surface area contributed by atoms with Gasteiger partial charge in [-0.05, 0) is 24.3 Å². The minimum Gasteiger partial charge on any atom is -0.490 e. The normalized spacial score (nSPS) is 18.0. The smallest absolute Gasteiger partial charge is 0.424 e. The van der Waals surface area contributed by atoms with Crippen molar-refractivity contribution >= 4 is 11.6 Å². The van der Waals surface area contributed by atoms with Crippen LogP contribution in [0, 0.1) is 5.82 Å². The number of aliphatic hydroxyl groups is 1. The van der Waals surface area contributed by atoms with Gasteiger partial charge in [0, 0.05) is 23.1 Å². The van der Waals surface area contributed by atoms with Gasteiger partial charge in [-0.25, -0.2) is 9.37 Å². The number of ether oxygens (including phenoxy) is 1. The van der Waals surface area contributed by atoms with E-state index in [2.05, 4.69) is 4.98 Å². The van der Waals surface area contributed by atoms with Crippen LogP contribution in [0.2, 0.25) is 5.02 Å². The molecule has 0 fully saturated rings. The zero-order chi connectivity index (χ0) is 20.2. The maximum Gasteiger partial charge on any atom is 0.424 e. The molecule has 2 heterocycles. The third-order valence-electron chi connectivity index (χ3n) is 4.66. The van der Waals surface area contributed by atoms with Crippen molar-refractivity contribution in [3.05, 3.63) is 46.4 Å². The van der Waals surface area contributed by atoms with Gasteiger partial charge in [0.25, 0.3) is 0 Å². The third kappa shape index (κ3) is 3.15. The average molecular weight is 405 g/mol. The summed E-state index contributed by atoms with van der Waals surface area (Å²) in [5.41, 5.74) is 1.40. The standard InChI is InChI=1S/C18H17ClF4N2O2/c1-16(2)8-27-15-10(16)6-13(17(26,7-24)18(21,22)23)25-14(15)9-3-4-12(20)11(19)5-9/h3-6,26H,7-8,24H2,1-2H3. The Labute approximate surface area is 157 Å². The first-order chi connectivity index (χ1) is 12.4. The molecule has 1 unspecified atom stereocenters. The fourth-order valence-corrected chi connectivity index (χ4v) is 3.11. The molecule has 27 heavy (non-hydrogen) atoms. The lowest BCUT2D eigenvalue weighted by molar-refractivity contribution is -0.263. The van der Waals surface area contributed by atoms with Crippen molar-refractivity contribution in [2.24, 2.45) is 5.73 Å². The van der Waals surface area contributed by atoms with E-state index >= 15 is 0 Å². The van der Waals surface area contributed by atoms with Gasteiger partial charge in [0.2, 0.25) is 5.60 Å².